The lowest BCUT2D eigenvalue weighted by Crippen LogP contribution is -2.03. The van der Waals surface area contributed by atoms with Gasteiger partial charge in [0.2, 0.25) is 0 Å². The Hall–Kier alpha value is -1.80. The Morgan fingerprint density at radius 3 is 2.74 bits per heavy atom. The summed E-state index contributed by atoms with van der Waals surface area (Å²) < 4.78 is 16.2. The largest absolute Gasteiger partial charge is 0.379 e. The van der Waals surface area contributed by atoms with E-state index in [-0.39, 0.29) is 5.82 Å². The smallest absolute Gasteiger partial charge is 0.147 e. The van der Waals surface area contributed by atoms with Crippen LogP contribution in [0.5, 0.6) is 0 Å². The zero-order chi connectivity index (χ0) is 14.0. The molecule has 2 aromatic rings. The lowest BCUT2D eigenvalue weighted by molar-refractivity contribution is 0.629. The molecule has 19 heavy (non-hydrogen) atoms. The van der Waals surface area contributed by atoms with Crippen LogP contribution in [0.15, 0.2) is 28.7 Å². The molecule has 0 aliphatic carbocycles. The van der Waals surface area contributed by atoms with Crippen LogP contribution in [0, 0.1) is 24.1 Å². The summed E-state index contributed by atoms with van der Waals surface area (Å²) >= 11 is 3.22. The highest BCUT2D eigenvalue weighted by molar-refractivity contribution is 9.10. The van der Waals surface area contributed by atoms with Crippen LogP contribution in [0.3, 0.4) is 0 Å². The van der Waals surface area contributed by atoms with Gasteiger partial charge in [-0.05, 0) is 36.8 Å². The molecule has 0 radical (unpaired) electrons. The molecule has 0 spiro atoms. The van der Waals surface area contributed by atoms with Crippen LogP contribution in [0.1, 0.15) is 17.0 Å². The van der Waals surface area contributed by atoms with E-state index in [4.69, 9.17) is 5.26 Å². The first kappa shape index (κ1) is 13.6. The van der Waals surface area contributed by atoms with Gasteiger partial charge in [-0.25, -0.2) is 4.39 Å². The first-order valence-electron chi connectivity index (χ1n) is 5.77. The normalized spacial score (nSPS) is 10.3. The molecule has 0 amide bonds. The standard InChI is InChI=1S/C14H13BrFN3/c1-9-10(5-12(7-17)19(9)2)8-18-14-4-3-11(15)6-13(14)16/h3-6,18H,8H2,1-2H3. The zero-order valence-corrected chi connectivity index (χ0v) is 12.3. The van der Waals surface area contributed by atoms with E-state index in [1.165, 1.54) is 6.07 Å². The summed E-state index contributed by atoms with van der Waals surface area (Å²) in [4.78, 5) is 0. The molecule has 1 aromatic heterocycles. The number of halogens is 2. The van der Waals surface area contributed by atoms with E-state index in [0.717, 1.165) is 11.3 Å². The molecule has 1 N–H and O–H groups in total. The molecular weight excluding hydrogens is 309 g/mol. The quantitative estimate of drug-likeness (QED) is 0.936. The number of benzene rings is 1. The molecular formula is C14H13BrFN3. The highest BCUT2D eigenvalue weighted by Gasteiger charge is 2.09. The monoisotopic (exact) mass is 321 g/mol. The van der Waals surface area contributed by atoms with Gasteiger partial charge in [0.15, 0.2) is 0 Å². The van der Waals surface area contributed by atoms with Gasteiger partial charge in [-0.15, -0.1) is 0 Å². The van der Waals surface area contributed by atoms with Crippen molar-refractivity contribution in [1.82, 2.24) is 4.57 Å². The molecule has 2 rings (SSSR count). The number of rotatable bonds is 3. The van der Waals surface area contributed by atoms with Crippen molar-refractivity contribution in [3.8, 4) is 6.07 Å². The van der Waals surface area contributed by atoms with E-state index in [1.54, 1.807) is 12.1 Å². The molecule has 3 nitrogen and oxygen atoms in total. The van der Waals surface area contributed by atoms with E-state index in [2.05, 4.69) is 27.3 Å². The van der Waals surface area contributed by atoms with Crippen molar-refractivity contribution in [2.24, 2.45) is 7.05 Å². The van der Waals surface area contributed by atoms with Crippen LogP contribution < -0.4 is 5.32 Å². The fourth-order valence-electron chi connectivity index (χ4n) is 1.87. The summed E-state index contributed by atoms with van der Waals surface area (Å²) in [5.41, 5.74) is 3.04. The van der Waals surface area contributed by atoms with Crippen molar-refractivity contribution in [2.45, 2.75) is 13.5 Å². The van der Waals surface area contributed by atoms with Gasteiger partial charge in [0.1, 0.15) is 17.6 Å². The first-order chi connectivity index (χ1) is 9.02. The van der Waals surface area contributed by atoms with Crippen molar-refractivity contribution in [3.63, 3.8) is 0 Å². The van der Waals surface area contributed by atoms with E-state index in [0.29, 0.717) is 22.4 Å². The number of anilines is 1. The van der Waals surface area contributed by atoms with Gasteiger partial charge in [-0.2, -0.15) is 5.26 Å². The van der Waals surface area contributed by atoms with Gasteiger partial charge in [-0.3, -0.25) is 0 Å². The molecule has 0 aliphatic heterocycles. The summed E-state index contributed by atoms with van der Waals surface area (Å²) in [6.45, 7) is 2.43. The van der Waals surface area contributed by atoms with Crippen LogP contribution in [0.2, 0.25) is 0 Å². The van der Waals surface area contributed by atoms with E-state index in [9.17, 15) is 4.39 Å². The van der Waals surface area contributed by atoms with Crippen LogP contribution in [0.25, 0.3) is 0 Å². The lowest BCUT2D eigenvalue weighted by Gasteiger charge is -2.08. The van der Waals surface area contributed by atoms with Gasteiger partial charge in [0.05, 0.1) is 5.69 Å². The van der Waals surface area contributed by atoms with Crippen LogP contribution in [-0.4, -0.2) is 4.57 Å². The Labute approximate surface area is 119 Å². The summed E-state index contributed by atoms with van der Waals surface area (Å²) in [6, 6.07) is 8.83. The van der Waals surface area contributed by atoms with Gasteiger partial charge >= 0.3 is 0 Å². The third kappa shape index (κ3) is 2.79. The summed E-state index contributed by atoms with van der Waals surface area (Å²) in [6.07, 6.45) is 0. The Kier molecular flexibility index (Phi) is 3.91. The van der Waals surface area contributed by atoms with E-state index >= 15 is 0 Å². The van der Waals surface area contributed by atoms with E-state index in [1.807, 2.05) is 24.6 Å². The molecule has 1 heterocycles. The second-order valence-corrected chi connectivity index (χ2v) is 5.20. The third-order valence-corrected chi connectivity index (χ3v) is 3.65. The van der Waals surface area contributed by atoms with Crippen molar-refractivity contribution < 1.29 is 4.39 Å². The Bertz CT molecular complexity index is 655. The average molecular weight is 322 g/mol. The zero-order valence-electron chi connectivity index (χ0n) is 10.7. The molecule has 0 aliphatic rings. The van der Waals surface area contributed by atoms with Crippen LogP contribution >= 0.6 is 15.9 Å². The van der Waals surface area contributed by atoms with Crippen LogP contribution in [0.4, 0.5) is 10.1 Å². The minimum atomic E-state index is -0.302. The number of hydrogen-bond donors (Lipinski definition) is 1. The Balaban J connectivity index is 2.17. The predicted octanol–water partition coefficient (Wildman–Crippen LogP) is 3.72. The predicted molar refractivity (Wildman–Crippen MR) is 76.3 cm³/mol. The van der Waals surface area contributed by atoms with Gasteiger partial charge < -0.3 is 9.88 Å². The molecule has 5 heteroatoms. The first-order valence-corrected chi connectivity index (χ1v) is 6.56. The van der Waals surface area contributed by atoms with Crippen molar-refractivity contribution in [1.29, 1.82) is 5.26 Å². The number of nitrogens with zero attached hydrogens (tertiary/aromatic N) is 2. The number of hydrogen-bond acceptors (Lipinski definition) is 2. The van der Waals surface area contributed by atoms with Crippen molar-refractivity contribution >= 4 is 21.6 Å². The molecule has 0 saturated carbocycles. The summed E-state index contributed by atoms with van der Waals surface area (Å²) in [7, 11) is 1.84. The maximum atomic E-state index is 13.7. The SMILES string of the molecule is Cc1c(CNc2ccc(Br)cc2F)cc(C#N)n1C. The Morgan fingerprint density at radius 2 is 2.16 bits per heavy atom. The topological polar surface area (TPSA) is 40.8 Å². The average Bonchev–Trinajstić information content (AvgIpc) is 2.65. The third-order valence-electron chi connectivity index (χ3n) is 3.16. The van der Waals surface area contributed by atoms with Crippen LogP contribution in [-0.2, 0) is 13.6 Å². The van der Waals surface area contributed by atoms with Gasteiger partial charge in [0.25, 0.3) is 0 Å². The molecule has 0 atom stereocenters. The Morgan fingerprint density at radius 1 is 1.42 bits per heavy atom. The maximum Gasteiger partial charge on any atom is 0.147 e. The number of nitriles is 1. The highest BCUT2D eigenvalue weighted by atomic mass is 79.9. The molecule has 0 fully saturated rings. The minimum absolute atomic E-state index is 0.302. The highest BCUT2D eigenvalue weighted by Crippen LogP contribution is 2.21. The molecule has 98 valence electrons. The van der Waals surface area contributed by atoms with Gasteiger partial charge in [-0.1, -0.05) is 15.9 Å². The van der Waals surface area contributed by atoms with E-state index < -0.39 is 0 Å². The van der Waals surface area contributed by atoms with Crippen molar-refractivity contribution in [3.05, 3.63) is 51.5 Å². The molecule has 0 saturated heterocycles. The molecule has 1 aromatic carbocycles. The molecule has 0 bridgehead atoms. The minimum Gasteiger partial charge on any atom is -0.379 e. The fraction of sp³-hybridized carbons (Fsp3) is 0.214. The summed E-state index contributed by atoms with van der Waals surface area (Å²) in [5.74, 6) is -0.302. The maximum absolute atomic E-state index is 13.7. The fourth-order valence-corrected chi connectivity index (χ4v) is 2.21. The number of aromatic nitrogens is 1. The van der Waals surface area contributed by atoms with Crippen molar-refractivity contribution in [2.75, 3.05) is 5.32 Å². The second kappa shape index (κ2) is 5.45. The second-order valence-electron chi connectivity index (χ2n) is 4.29. The van der Waals surface area contributed by atoms with Gasteiger partial charge in [0, 0.05) is 23.8 Å². The lowest BCUT2D eigenvalue weighted by atomic mass is 10.2. The summed E-state index contributed by atoms with van der Waals surface area (Å²) in [5, 5.41) is 12.0. The molecule has 0 unspecified atom stereocenters. The number of nitrogens with one attached hydrogen (secondary N) is 1.